The summed E-state index contributed by atoms with van der Waals surface area (Å²) in [6.45, 7) is 3.17. The monoisotopic (exact) mass is 332 g/mol. The first-order valence-electron chi connectivity index (χ1n) is 8.54. The molecule has 1 unspecified atom stereocenters. The maximum Gasteiger partial charge on any atom is 0.227 e. The molecule has 25 heavy (non-hydrogen) atoms. The van der Waals surface area contributed by atoms with Crippen LogP contribution in [0.5, 0.6) is 5.75 Å². The average Bonchev–Trinajstić information content (AvgIpc) is 2.80. The van der Waals surface area contributed by atoms with Crippen LogP contribution in [0.4, 0.5) is 0 Å². The number of aromatic nitrogens is 1. The Morgan fingerprint density at radius 3 is 2.88 bits per heavy atom. The molecule has 1 aromatic heterocycles. The first kappa shape index (κ1) is 15.6. The molecule has 1 aliphatic rings. The van der Waals surface area contributed by atoms with Gasteiger partial charge in [-0.15, -0.1) is 0 Å². The molecule has 3 aromatic rings. The van der Waals surface area contributed by atoms with Crippen LogP contribution in [0.15, 0.2) is 60.9 Å². The van der Waals surface area contributed by atoms with Gasteiger partial charge in [-0.05, 0) is 23.9 Å². The van der Waals surface area contributed by atoms with Crippen molar-refractivity contribution >= 4 is 16.7 Å². The predicted octanol–water partition coefficient (Wildman–Crippen LogP) is 3.59. The molecule has 0 saturated heterocycles. The Kier molecular flexibility index (Phi) is 4.10. The van der Waals surface area contributed by atoms with Gasteiger partial charge in [-0.25, -0.2) is 0 Å². The molecule has 0 saturated carbocycles. The van der Waals surface area contributed by atoms with Gasteiger partial charge in [0.25, 0.3) is 0 Å². The number of hydrogen-bond donors (Lipinski definition) is 0. The summed E-state index contributed by atoms with van der Waals surface area (Å²) in [5.41, 5.74) is 2.02. The molecule has 0 fully saturated rings. The van der Waals surface area contributed by atoms with Crippen LogP contribution in [0.2, 0.25) is 0 Å². The van der Waals surface area contributed by atoms with Crippen LogP contribution in [-0.2, 0) is 17.8 Å². The van der Waals surface area contributed by atoms with Crippen molar-refractivity contribution in [1.29, 1.82) is 0 Å². The minimum Gasteiger partial charge on any atom is -0.489 e. The van der Waals surface area contributed by atoms with Crippen LogP contribution in [0.1, 0.15) is 18.1 Å². The lowest BCUT2D eigenvalue weighted by atomic mass is 10.0. The molecule has 4 rings (SSSR count). The van der Waals surface area contributed by atoms with Gasteiger partial charge in [0.2, 0.25) is 5.91 Å². The van der Waals surface area contributed by atoms with Crippen molar-refractivity contribution < 1.29 is 9.53 Å². The fourth-order valence-electron chi connectivity index (χ4n) is 3.37. The Morgan fingerprint density at radius 2 is 1.96 bits per heavy atom. The van der Waals surface area contributed by atoms with Gasteiger partial charge >= 0.3 is 0 Å². The number of ether oxygens (including phenoxy) is 1. The molecule has 0 spiro atoms. The lowest BCUT2D eigenvalue weighted by Crippen LogP contribution is -2.37. The number of amides is 1. The number of hydrogen-bond acceptors (Lipinski definition) is 3. The van der Waals surface area contributed by atoms with E-state index in [9.17, 15) is 4.79 Å². The Hall–Kier alpha value is -2.88. The van der Waals surface area contributed by atoms with Gasteiger partial charge in [-0.2, -0.15) is 0 Å². The second-order valence-electron chi connectivity index (χ2n) is 6.51. The van der Waals surface area contributed by atoms with E-state index in [0.29, 0.717) is 19.5 Å². The van der Waals surface area contributed by atoms with E-state index < -0.39 is 0 Å². The fraction of sp³-hybridized carbons (Fsp3) is 0.238. The lowest BCUT2D eigenvalue weighted by Gasteiger charge is -2.22. The molecule has 2 aromatic carbocycles. The third-order valence-electron chi connectivity index (χ3n) is 4.58. The van der Waals surface area contributed by atoms with E-state index in [1.807, 2.05) is 66.6 Å². The fourth-order valence-corrected chi connectivity index (χ4v) is 3.37. The largest absolute Gasteiger partial charge is 0.489 e. The smallest absolute Gasteiger partial charge is 0.227 e. The standard InChI is InChI=1S/C21H20N2O2/c1-15-13-23(14-17-7-3-5-9-20(17)25-15)21(24)10-18-12-22-11-16-6-2-4-8-19(16)18/h2-9,11-12,15H,10,13-14H2,1H3. The van der Waals surface area contributed by atoms with Gasteiger partial charge < -0.3 is 9.64 Å². The molecule has 2 heterocycles. The second kappa shape index (κ2) is 6.55. The Balaban J connectivity index is 1.60. The molecule has 0 radical (unpaired) electrons. The molecule has 4 nitrogen and oxygen atoms in total. The first-order valence-corrected chi connectivity index (χ1v) is 8.54. The number of carbonyl (C=O) groups excluding carboxylic acids is 1. The van der Waals surface area contributed by atoms with Crippen molar-refractivity contribution in [2.75, 3.05) is 6.54 Å². The molecule has 0 aliphatic carbocycles. The van der Waals surface area contributed by atoms with E-state index >= 15 is 0 Å². The Morgan fingerprint density at radius 1 is 1.16 bits per heavy atom. The summed E-state index contributed by atoms with van der Waals surface area (Å²) in [5.74, 6) is 0.974. The number of rotatable bonds is 2. The van der Waals surface area contributed by atoms with Crippen LogP contribution in [0.25, 0.3) is 10.8 Å². The summed E-state index contributed by atoms with van der Waals surface area (Å²) in [4.78, 5) is 19.1. The van der Waals surface area contributed by atoms with Crippen molar-refractivity contribution in [3.8, 4) is 5.75 Å². The molecular weight excluding hydrogens is 312 g/mol. The molecule has 126 valence electrons. The summed E-state index contributed by atoms with van der Waals surface area (Å²) in [7, 11) is 0. The van der Waals surface area contributed by atoms with Crippen molar-refractivity contribution in [3.05, 3.63) is 72.1 Å². The van der Waals surface area contributed by atoms with Crippen LogP contribution in [0, 0.1) is 0 Å². The summed E-state index contributed by atoms with van der Waals surface area (Å²) >= 11 is 0. The quantitative estimate of drug-likeness (QED) is 0.720. The van der Waals surface area contributed by atoms with E-state index in [1.54, 1.807) is 6.20 Å². The van der Waals surface area contributed by atoms with E-state index in [2.05, 4.69) is 4.98 Å². The number of pyridine rings is 1. The van der Waals surface area contributed by atoms with E-state index in [-0.39, 0.29) is 12.0 Å². The van der Waals surface area contributed by atoms with Gasteiger partial charge in [-0.3, -0.25) is 9.78 Å². The highest BCUT2D eigenvalue weighted by Gasteiger charge is 2.24. The summed E-state index contributed by atoms with van der Waals surface area (Å²) in [6.07, 6.45) is 3.95. The zero-order valence-electron chi connectivity index (χ0n) is 14.2. The van der Waals surface area contributed by atoms with Crippen LogP contribution < -0.4 is 4.74 Å². The minimum atomic E-state index is -0.0294. The number of carbonyl (C=O) groups is 1. The zero-order valence-corrected chi connectivity index (χ0v) is 14.2. The van der Waals surface area contributed by atoms with Gasteiger partial charge in [0, 0.05) is 29.9 Å². The molecular formula is C21H20N2O2. The molecule has 0 N–H and O–H groups in total. The Bertz CT molecular complexity index is 917. The molecule has 4 heteroatoms. The van der Waals surface area contributed by atoms with Gasteiger partial charge in [0.1, 0.15) is 11.9 Å². The van der Waals surface area contributed by atoms with Crippen LogP contribution in [0.3, 0.4) is 0 Å². The normalized spacial score (nSPS) is 16.8. The van der Waals surface area contributed by atoms with Crippen molar-refractivity contribution in [3.63, 3.8) is 0 Å². The van der Waals surface area contributed by atoms with Crippen LogP contribution in [-0.4, -0.2) is 28.4 Å². The zero-order chi connectivity index (χ0) is 17.2. The average molecular weight is 332 g/mol. The maximum absolute atomic E-state index is 13.0. The minimum absolute atomic E-state index is 0.0294. The van der Waals surface area contributed by atoms with Crippen LogP contribution >= 0.6 is 0 Å². The highest BCUT2D eigenvalue weighted by Crippen LogP contribution is 2.25. The molecule has 1 amide bonds. The van der Waals surface area contributed by atoms with E-state index in [0.717, 1.165) is 27.6 Å². The van der Waals surface area contributed by atoms with Crippen molar-refractivity contribution in [1.82, 2.24) is 9.88 Å². The topological polar surface area (TPSA) is 42.4 Å². The number of fused-ring (bicyclic) bond motifs is 2. The van der Waals surface area contributed by atoms with Crippen molar-refractivity contribution in [2.45, 2.75) is 26.0 Å². The lowest BCUT2D eigenvalue weighted by molar-refractivity contribution is -0.131. The number of benzene rings is 2. The summed E-state index contributed by atoms with van der Waals surface area (Å²) in [5, 5.41) is 2.15. The van der Waals surface area contributed by atoms with E-state index in [4.69, 9.17) is 4.74 Å². The SMILES string of the molecule is CC1CN(C(=O)Cc2cncc3ccccc23)Cc2ccccc2O1. The maximum atomic E-state index is 13.0. The van der Waals surface area contributed by atoms with Gasteiger partial charge in [-0.1, -0.05) is 42.5 Å². The summed E-state index contributed by atoms with van der Waals surface area (Å²) in [6, 6.07) is 16.0. The molecule has 0 bridgehead atoms. The summed E-state index contributed by atoms with van der Waals surface area (Å²) < 4.78 is 5.95. The highest BCUT2D eigenvalue weighted by atomic mass is 16.5. The Labute approximate surface area is 147 Å². The number of para-hydroxylation sites is 1. The molecule has 1 aliphatic heterocycles. The van der Waals surface area contributed by atoms with Gasteiger partial charge in [0.15, 0.2) is 0 Å². The van der Waals surface area contributed by atoms with Crippen molar-refractivity contribution in [2.24, 2.45) is 0 Å². The van der Waals surface area contributed by atoms with E-state index in [1.165, 1.54) is 0 Å². The third-order valence-corrected chi connectivity index (χ3v) is 4.58. The predicted molar refractivity (Wildman–Crippen MR) is 97.4 cm³/mol. The second-order valence-corrected chi connectivity index (χ2v) is 6.51. The highest BCUT2D eigenvalue weighted by molar-refractivity contribution is 5.89. The molecule has 1 atom stereocenters. The first-order chi connectivity index (χ1) is 12.2. The third kappa shape index (κ3) is 3.20. The number of nitrogens with zero attached hydrogens (tertiary/aromatic N) is 2. The van der Waals surface area contributed by atoms with Gasteiger partial charge in [0.05, 0.1) is 13.0 Å².